The van der Waals surface area contributed by atoms with Gasteiger partial charge in [-0.3, -0.25) is 18.7 Å². The number of anilines is 3. The lowest BCUT2D eigenvalue weighted by Crippen LogP contribution is -2.48. The van der Waals surface area contributed by atoms with Crippen molar-refractivity contribution in [1.82, 2.24) is 19.2 Å². The number of hydrogen-bond acceptors (Lipinski definition) is 8. The van der Waals surface area contributed by atoms with Gasteiger partial charge in [-0.05, 0) is 44.0 Å². The molecule has 226 valence electrons. The quantitative estimate of drug-likeness (QED) is 0.327. The Morgan fingerprint density at radius 1 is 1.12 bits per heavy atom. The molecule has 0 spiro atoms. The maximum Gasteiger partial charge on any atom is 0.437 e. The molecule has 0 aliphatic carbocycles. The Labute approximate surface area is 245 Å². The molecule has 3 aromatic heterocycles. The Morgan fingerprint density at radius 2 is 1.74 bits per heavy atom. The van der Waals surface area contributed by atoms with Crippen LogP contribution in [0.5, 0.6) is 0 Å². The van der Waals surface area contributed by atoms with Gasteiger partial charge in [0.1, 0.15) is 11.7 Å². The van der Waals surface area contributed by atoms with Crippen molar-refractivity contribution in [1.29, 1.82) is 5.26 Å². The highest BCUT2D eigenvalue weighted by atomic mass is 19.4. The number of carboxylic acid groups (broad SMARTS) is 1. The molecule has 2 N–H and O–H groups in total. The molecule has 1 unspecified atom stereocenters. The third kappa shape index (κ3) is 6.40. The Hall–Kier alpha value is -5.06. The smallest absolute Gasteiger partial charge is 0.437 e. The van der Waals surface area contributed by atoms with E-state index >= 15 is 0 Å². The van der Waals surface area contributed by atoms with E-state index in [-0.39, 0.29) is 55.8 Å². The Kier molecular flexibility index (Phi) is 8.93. The molecule has 0 bridgehead atoms. The molecule has 1 saturated heterocycles. The highest BCUT2D eigenvalue weighted by Gasteiger charge is 2.39. The molecule has 14 heteroatoms. The van der Waals surface area contributed by atoms with Crippen molar-refractivity contribution in [2.24, 2.45) is 7.05 Å². The van der Waals surface area contributed by atoms with Crippen molar-refractivity contribution in [2.75, 3.05) is 41.3 Å². The Bertz CT molecular complexity index is 1730. The van der Waals surface area contributed by atoms with E-state index < -0.39 is 17.4 Å². The summed E-state index contributed by atoms with van der Waals surface area (Å²) in [5.74, 6) is 0.238. The second-order valence-electron chi connectivity index (χ2n) is 10.2. The number of pyridine rings is 1. The normalized spacial score (nSPS) is 14.1. The molecule has 4 aromatic rings. The number of aromatic nitrogens is 4. The van der Waals surface area contributed by atoms with Gasteiger partial charge in [-0.2, -0.15) is 23.5 Å². The number of fused-ring (bicyclic) bond motifs is 1. The SMILES string of the molecule is Cc1cc(C(C)Nc2ccccc2C)c2nc(N3CCN(c4cn(C)nc4C(F)(F)F)CC3)c(C#N)c(=O)n2c1.O=CO. The van der Waals surface area contributed by atoms with Crippen LogP contribution in [0.3, 0.4) is 0 Å². The number of carbonyl (C=O) groups is 1. The third-order valence-corrected chi connectivity index (χ3v) is 7.16. The summed E-state index contributed by atoms with van der Waals surface area (Å²) in [7, 11) is 1.45. The molecule has 1 aliphatic heterocycles. The molecule has 1 fully saturated rings. The molecule has 0 amide bonds. The van der Waals surface area contributed by atoms with Crippen LogP contribution in [-0.2, 0) is 18.0 Å². The number of nitrogens with one attached hydrogen (secondary N) is 1. The number of para-hydroxylation sites is 1. The minimum absolute atomic E-state index is 0.00978. The summed E-state index contributed by atoms with van der Waals surface area (Å²) < 4.78 is 43.2. The van der Waals surface area contributed by atoms with Gasteiger partial charge in [0.15, 0.2) is 17.1 Å². The lowest BCUT2D eigenvalue weighted by Gasteiger charge is -2.36. The summed E-state index contributed by atoms with van der Waals surface area (Å²) in [6.45, 7) is 6.66. The van der Waals surface area contributed by atoms with Crippen molar-refractivity contribution in [3.63, 3.8) is 0 Å². The lowest BCUT2D eigenvalue weighted by atomic mass is 10.1. The predicted octanol–water partition coefficient (Wildman–Crippen LogP) is 4.14. The number of alkyl halides is 3. The zero-order chi connectivity index (χ0) is 31.5. The van der Waals surface area contributed by atoms with Crippen LogP contribution in [0.15, 0.2) is 47.5 Å². The number of nitriles is 1. The average Bonchev–Trinajstić information content (AvgIpc) is 3.37. The van der Waals surface area contributed by atoms with E-state index in [2.05, 4.69) is 10.4 Å². The molecule has 43 heavy (non-hydrogen) atoms. The van der Waals surface area contributed by atoms with Crippen LogP contribution in [0.2, 0.25) is 0 Å². The van der Waals surface area contributed by atoms with E-state index in [0.29, 0.717) is 5.65 Å². The van der Waals surface area contributed by atoms with Gasteiger partial charge < -0.3 is 20.2 Å². The first-order valence-electron chi connectivity index (χ1n) is 13.4. The minimum atomic E-state index is -4.58. The standard InChI is InChI=1S/C28H29F3N8O.CH2O2/c1-17-13-20(19(3)33-22-8-6-5-7-18(22)2)26-34-25(21(14-32)27(40)39(26)15-17)38-11-9-37(10-12-38)23-16-36(4)35-24(23)28(29,30)31;2-1-3/h5-8,13,15-16,19,33H,9-12H2,1-4H3;1H,(H,2,3). The maximum absolute atomic E-state index is 13.5. The number of benzene rings is 1. The van der Waals surface area contributed by atoms with Crippen LogP contribution in [0.4, 0.5) is 30.4 Å². The Morgan fingerprint density at radius 3 is 2.35 bits per heavy atom. The van der Waals surface area contributed by atoms with Crippen LogP contribution < -0.4 is 20.7 Å². The molecule has 5 rings (SSSR count). The van der Waals surface area contributed by atoms with Crippen molar-refractivity contribution >= 4 is 29.3 Å². The zero-order valence-corrected chi connectivity index (χ0v) is 24.1. The second-order valence-corrected chi connectivity index (χ2v) is 10.2. The Balaban J connectivity index is 0.00000135. The number of hydrogen-bond donors (Lipinski definition) is 2. The summed E-state index contributed by atoms with van der Waals surface area (Å²) in [5.41, 5.74) is 2.58. The van der Waals surface area contributed by atoms with Crippen LogP contribution in [0.25, 0.3) is 5.65 Å². The molecular weight excluding hydrogens is 565 g/mol. The van der Waals surface area contributed by atoms with E-state index in [1.807, 2.05) is 57.2 Å². The van der Waals surface area contributed by atoms with Crippen molar-refractivity contribution in [3.8, 4) is 6.07 Å². The van der Waals surface area contributed by atoms with E-state index in [4.69, 9.17) is 14.9 Å². The highest BCUT2D eigenvalue weighted by Crippen LogP contribution is 2.36. The van der Waals surface area contributed by atoms with Crippen LogP contribution in [0, 0.1) is 25.2 Å². The lowest BCUT2D eigenvalue weighted by molar-refractivity contribution is -0.141. The van der Waals surface area contributed by atoms with E-state index in [9.17, 15) is 23.2 Å². The topological polar surface area (TPSA) is 132 Å². The molecule has 0 radical (unpaired) electrons. The summed E-state index contributed by atoms with van der Waals surface area (Å²) in [6, 6.07) is 11.7. The van der Waals surface area contributed by atoms with Gasteiger partial charge in [0.25, 0.3) is 12.0 Å². The van der Waals surface area contributed by atoms with Gasteiger partial charge in [0.05, 0.1) is 11.7 Å². The van der Waals surface area contributed by atoms with Crippen molar-refractivity contribution in [2.45, 2.75) is 33.0 Å². The number of nitrogens with zero attached hydrogens (tertiary/aromatic N) is 7. The predicted molar refractivity (Wildman–Crippen MR) is 155 cm³/mol. The highest BCUT2D eigenvalue weighted by molar-refractivity contribution is 5.64. The average molecular weight is 597 g/mol. The van der Waals surface area contributed by atoms with E-state index in [1.54, 1.807) is 16.0 Å². The molecule has 11 nitrogen and oxygen atoms in total. The van der Waals surface area contributed by atoms with E-state index in [0.717, 1.165) is 27.1 Å². The minimum Gasteiger partial charge on any atom is -0.483 e. The number of rotatable bonds is 5. The van der Waals surface area contributed by atoms with Crippen molar-refractivity contribution in [3.05, 3.63) is 81.0 Å². The molecule has 4 heterocycles. The first-order valence-corrected chi connectivity index (χ1v) is 13.4. The molecule has 1 atom stereocenters. The maximum atomic E-state index is 13.5. The van der Waals surface area contributed by atoms with Gasteiger partial charge in [0.2, 0.25) is 0 Å². The van der Waals surface area contributed by atoms with Gasteiger partial charge >= 0.3 is 6.18 Å². The first kappa shape index (κ1) is 30.9. The summed E-state index contributed by atoms with van der Waals surface area (Å²) >= 11 is 0. The molecule has 0 saturated carbocycles. The van der Waals surface area contributed by atoms with Crippen LogP contribution >= 0.6 is 0 Å². The summed E-state index contributed by atoms with van der Waals surface area (Å²) in [5, 5.41) is 23.9. The molecule has 1 aliphatic rings. The molecular formula is C29H31F3N8O3. The fraction of sp³-hybridized carbons (Fsp3) is 0.345. The van der Waals surface area contributed by atoms with Crippen LogP contribution in [-0.4, -0.2) is 56.9 Å². The summed E-state index contributed by atoms with van der Waals surface area (Å²) in [6.07, 6.45) is -1.55. The monoisotopic (exact) mass is 596 g/mol. The molecule has 1 aromatic carbocycles. The number of piperazine rings is 1. The van der Waals surface area contributed by atoms with Gasteiger partial charge in [-0.15, -0.1) is 0 Å². The first-order chi connectivity index (χ1) is 20.4. The second kappa shape index (κ2) is 12.4. The van der Waals surface area contributed by atoms with Gasteiger partial charge in [-0.25, -0.2) is 4.98 Å². The third-order valence-electron chi connectivity index (χ3n) is 7.16. The van der Waals surface area contributed by atoms with Crippen molar-refractivity contribution < 1.29 is 23.1 Å². The van der Waals surface area contributed by atoms with Gasteiger partial charge in [-0.1, -0.05) is 18.2 Å². The van der Waals surface area contributed by atoms with Crippen LogP contribution in [0.1, 0.15) is 40.9 Å². The largest absolute Gasteiger partial charge is 0.483 e. The van der Waals surface area contributed by atoms with E-state index in [1.165, 1.54) is 17.6 Å². The number of halogens is 3. The number of aryl methyl sites for hydroxylation is 3. The van der Waals surface area contributed by atoms with Gasteiger partial charge in [0, 0.05) is 56.9 Å². The summed E-state index contributed by atoms with van der Waals surface area (Å²) in [4.78, 5) is 30.1. The fourth-order valence-electron chi connectivity index (χ4n) is 5.16. The zero-order valence-electron chi connectivity index (χ0n) is 24.1. The fourth-order valence-corrected chi connectivity index (χ4v) is 5.16.